The van der Waals surface area contributed by atoms with Gasteiger partial charge in [0.25, 0.3) is 0 Å². The largest absolute Gasteiger partial charge is 0.452 e. The number of benzene rings is 2. The Labute approximate surface area is 154 Å². The van der Waals surface area contributed by atoms with Crippen LogP contribution in [-0.4, -0.2) is 0 Å². The van der Waals surface area contributed by atoms with Crippen molar-refractivity contribution in [2.24, 2.45) is 0 Å². The van der Waals surface area contributed by atoms with Crippen molar-refractivity contribution in [1.82, 2.24) is 0 Å². The summed E-state index contributed by atoms with van der Waals surface area (Å²) in [5, 5.41) is 2.20. The zero-order chi connectivity index (χ0) is 18.6. The predicted octanol–water partition coefficient (Wildman–Crippen LogP) is 7.17. The Hall–Kier alpha value is -2.75. The third-order valence-corrected chi connectivity index (χ3v) is 5.55. The van der Waals surface area contributed by atoms with E-state index < -0.39 is 11.9 Å². The number of rotatable bonds is 1. The van der Waals surface area contributed by atoms with Crippen molar-refractivity contribution in [3.05, 3.63) is 77.1 Å². The summed E-state index contributed by atoms with van der Waals surface area (Å²) in [6.07, 6.45) is 4.36. The molecule has 0 saturated heterocycles. The molecule has 0 atom stereocenters. The summed E-state index contributed by atoms with van der Waals surface area (Å²) in [4.78, 5) is 0. The maximum absolute atomic E-state index is 12.8. The second-order valence-corrected chi connectivity index (χ2v) is 7.15. The number of hydrogen-bond donors (Lipinski definition) is 0. The summed E-state index contributed by atoms with van der Waals surface area (Å²) < 4.78 is 43.4. The van der Waals surface area contributed by atoms with E-state index in [1.165, 1.54) is 33.7 Å². The molecule has 0 fully saturated rings. The van der Waals surface area contributed by atoms with E-state index in [0.717, 1.165) is 37.1 Å². The molecule has 0 saturated carbocycles. The van der Waals surface area contributed by atoms with Crippen LogP contribution in [0.2, 0.25) is 0 Å². The van der Waals surface area contributed by atoms with Gasteiger partial charge in [-0.2, -0.15) is 13.2 Å². The van der Waals surface area contributed by atoms with E-state index >= 15 is 0 Å². The number of furan rings is 1. The van der Waals surface area contributed by atoms with Crippen LogP contribution in [0.3, 0.4) is 0 Å². The van der Waals surface area contributed by atoms with Crippen LogP contribution in [0.5, 0.6) is 0 Å². The van der Waals surface area contributed by atoms with E-state index in [0.29, 0.717) is 5.56 Å². The van der Waals surface area contributed by atoms with Gasteiger partial charge in [0.05, 0.1) is 0 Å². The van der Waals surface area contributed by atoms with Gasteiger partial charge in [0.2, 0.25) is 5.76 Å². The fraction of sp³-hybridized carbons (Fsp3) is 0.217. The molecule has 2 aliphatic rings. The van der Waals surface area contributed by atoms with E-state index in [4.69, 9.17) is 4.42 Å². The van der Waals surface area contributed by atoms with E-state index in [2.05, 4.69) is 24.3 Å². The lowest BCUT2D eigenvalue weighted by Crippen LogP contribution is -2.07. The van der Waals surface area contributed by atoms with Gasteiger partial charge in [-0.25, -0.2) is 0 Å². The normalized spacial score (nSPS) is 16.6. The molecule has 2 aromatic carbocycles. The van der Waals surface area contributed by atoms with Crippen LogP contribution in [0.4, 0.5) is 13.2 Å². The van der Waals surface area contributed by atoms with Crippen LogP contribution < -0.4 is 0 Å². The van der Waals surface area contributed by atoms with Crippen LogP contribution in [0, 0.1) is 0 Å². The summed E-state index contributed by atoms with van der Waals surface area (Å²) in [7, 11) is 0. The predicted molar refractivity (Wildman–Crippen MR) is 100 cm³/mol. The average molecular weight is 366 g/mol. The van der Waals surface area contributed by atoms with Crippen molar-refractivity contribution in [2.75, 3.05) is 0 Å². The van der Waals surface area contributed by atoms with Gasteiger partial charge in [-0.15, -0.1) is 0 Å². The number of alkyl halides is 3. The molecular weight excluding hydrogens is 349 g/mol. The molecule has 0 N–H and O–H groups in total. The number of halogens is 3. The number of fused-ring (bicyclic) bond motifs is 4. The highest BCUT2D eigenvalue weighted by atomic mass is 19.4. The third-order valence-electron chi connectivity index (χ3n) is 5.55. The molecule has 0 amide bonds. The van der Waals surface area contributed by atoms with Gasteiger partial charge in [-0.3, -0.25) is 0 Å². The molecule has 0 bridgehead atoms. The zero-order valence-electron chi connectivity index (χ0n) is 14.6. The molecule has 1 nitrogen and oxygen atoms in total. The van der Waals surface area contributed by atoms with Gasteiger partial charge in [0, 0.05) is 5.56 Å². The lowest BCUT2D eigenvalue weighted by molar-refractivity contribution is -0.152. The van der Waals surface area contributed by atoms with Crippen molar-refractivity contribution >= 4 is 16.3 Å². The molecule has 1 aromatic heterocycles. The molecule has 3 aromatic rings. The van der Waals surface area contributed by atoms with E-state index in [1.54, 1.807) is 0 Å². The minimum atomic E-state index is -4.47. The van der Waals surface area contributed by atoms with Crippen molar-refractivity contribution in [2.45, 2.75) is 31.9 Å². The first-order valence-electron chi connectivity index (χ1n) is 9.13. The van der Waals surface area contributed by atoms with E-state index in [1.807, 2.05) is 18.2 Å². The Morgan fingerprint density at radius 2 is 1.78 bits per heavy atom. The van der Waals surface area contributed by atoms with Crippen LogP contribution >= 0.6 is 0 Å². The second-order valence-electron chi connectivity index (χ2n) is 7.15. The second kappa shape index (κ2) is 5.88. The van der Waals surface area contributed by atoms with E-state index in [9.17, 15) is 13.2 Å². The SMILES string of the molecule is FC(F)(F)c1ccc(-c2ccc3c4c(ccc3c2)C2=C(CCC=C2)CC4)o1. The Balaban J connectivity index is 1.60. The van der Waals surface area contributed by atoms with Gasteiger partial charge in [0.15, 0.2) is 0 Å². The van der Waals surface area contributed by atoms with Crippen molar-refractivity contribution in [1.29, 1.82) is 0 Å². The van der Waals surface area contributed by atoms with Crippen molar-refractivity contribution in [3.63, 3.8) is 0 Å². The lowest BCUT2D eigenvalue weighted by Gasteiger charge is -2.25. The standard InChI is InChI=1S/C23H17F3O/c24-23(25,26)22-12-11-21(27-22)16-7-8-18-15(13-16)6-10-19-17-4-2-1-3-14(17)5-9-20(18)19/h2,4,6-8,10-13H,1,3,5,9H2. The van der Waals surface area contributed by atoms with Gasteiger partial charge in [-0.05, 0) is 71.4 Å². The summed E-state index contributed by atoms with van der Waals surface area (Å²) >= 11 is 0. The fourth-order valence-corrected chi connectivity index (χ4v) is 4.24. The maximum Gasteiger partial charge on any atom is 0.449 e. The highest BCUT2D eigenvalue weighted by molar-refractivity contribution is 5.95. The first kappa shape index (κ1) is 16.4. The molecule has 5 rings (SSSR count). The number of allylic oxidation sites excluding steroid dienone is 4. The van der Waals surface area contributed by atoms with Gasteiger partial charge in [0.1, 0.15) is 5.76 Å². The minimum Gasteiger partial charge on any atom is -0.452 e. The Kier molecular flexibility index (Phi) is 3.58. The van der Waals surface area contributed by atoms with Crippen LogP contribution in [-0.2, 0) is 12.6 Å². The van der Waals surface area contributed by atoms with Gasteiger partial charge in [-0.1, -0.05) is 42.0 Å². The molecule has 0 aliphatic heterocycles. The monoisotopic (exact) mass is 366 g/mol. The van der Waals surface area contributed by atoms with Crippen LogP contribution in [0.1, 0.15) is 36.1 Å². The molecule has 136 valence electrons. The lowest BCUT2D eigenvalue weighted by atomic mass is 9.79. The zero-order valence-corrected chi connectivity index (χ0v) is 14.6. The Morgan fingerprint density at radius 1 is 0.889 bits per heavy atom. The maximum atomic E-state index is 12.8. The molecular formula is C23H17F3O. The summed E-state index contributed by atoms with van der Waals surface area (Å²) in [5.74, 6) is -0.728. The number of hydrogen-bond acceptors (Lipinski definition) is 1. The molecule has 2 aliphatic carbocycles. The third kappa shape index (κ3) is 2.71. The summed E-state index contributed by atoms with van der Waals surface area (Å²) in [6.45, 7) is 0. The molecule has 4 heteroatoms. The van der Waals surface area contributed by atoms with E-state index in [-0.39, 0.29) is 5.76 Å². The summed E-state index contributed by atoms with van der Waals surface area (Å²) in [6, 6.07) is 12.3. The minimum absolute atomic E-state index is 0.238. The first-order chi connectivity index (χ1) is 13.0. The van der Waals surface area contributed by atoms with Crippen molar-refractivity contribution in [3.8, 4) is 11.3 Å². The fourth-order valence-electron chi connectivity index (χ4n) is 4.24. The van der Waals surface area contributed by atoms with Gasteiger partial charge < -0.3 is 4.42 Å². The molecule has 1 heterocycles. The topological polar surface area (TPSA) is 13.1 Å². The molecule has 27 heavy (non-hydrogen) atoms. The first-order valence-corrected chi connectivity index (χ1v) is 9.13. The van der Waals surface area contributed by atoms with Crippen LogP contribution in [0.15, 0.2) is 64.6 Å². The summed E-state index contributed by atoms with van der Waals surface area (Å²) in [5.41, 5.74) is 6.18. The molecule has 0 unspecified atom stereocenters. The average Bonchev–Trinajstić information content (AvgIpc) is 3.18. The molecule has 0 spiro atoms. The Morgan fingerprint density at radius 3 is 2.59 bits per heavy atom. The van der Waals surface area contributed by atoms with Gasteiger partial charge >= 0.3 is 6.18 Å². The smallest absolute Gasteiger partial charge is 0.449 e. The Bertz CT molecular complexity index is 1110. The van der Waals surface area contributed by atoms with Crippen molar-refractivity contribution < 1.29 is 17.6 Å². The van der Waals surface area contributed by atoms with Crippen LogP contribution in [0.25, 0.3) is 27.7 Å². The quantitative estimate of drug-likeness (QED) is 0.445. The highest BCUT2D eigenvalue weighted by Crippen LogP contribution is 2.41. The number of aryl methyl sites for hydroxylation is 1. The highest BCUT2D eigenvalue weighted by Gasteiger charge is 2.34. The molecule has 0 radical (unpaired) electrons.